The normalized spacial score (nSPS) is 15.6. The highest BCUT2D eigenvalue weighted by Crippen LogP contribution is 2.24. The first-order chi connectivity index (χ1) is 11.8. The van der Waals surface area contributed by atoms with E-state index in [9.17, 15) is 13.2 Å². The van der Waals surface area contributed by atoms with E-state index in [1.54, 1.807) is 31.2 Å². The Bertz CT molecular complexity index is 721. The third-order valence-corrected chi connectivity index (χ3v) is 5.24. The maximum Gasteiger partial charge on any atom is 0.263 e. The highest BCUT2D eigenvalue weighted by Gasteiger charge is 2.29. The van der Waals surface area contributed by atoms with Crippen molar-refractivity contribution in [2.45, 2.75) is 45.6 Å². The Morgan fingerprint density at radius 1 is 1.28 bits per heavy atom. The second-order valence-electron chi connectivity index (χ2n) is 6.02. The van der Waals surface area contributed by atoms with Crippen LogP contribution in [0.2, 0.25) is 0 Å². The number of anilines is 1. The van der Waals surface area contributed by atoms with Crippen LogP contribution in [0.1, 0.15) is 39.5 Å². The van der Waals surface area contributed by atoms with Crippen molar-refractivity contribution in [3.05, 3.63) is 24.3 Å². The zero-order valence-corrected chi connectivity index (χ0v) is 15.7. The molecule has 1 aromatic rings. The summed E-state index contributed by atoms with van der Waals surface area (Å²) in [5.41, 5.74) is 3.85. The fourth-order valence-corrected chi connectivity index (χ4v) is 3.96. The smallest absolute Gasteiger partial charge is 0.263 e. The lowest BCUT2D eigenvalue weighted by molar-refractivity contribution is -0.121. The first-order valence-electron chi connectivity index (χ1n) is 8.40. The maximum atomic E-state index is 12.4. The van der Waals surface area contributed by atoms with Crippen LogP contribution in [0.15, 0.2) is 29.4 Å². The average molecular weight is 367 g/mol. The molecular weight excluding hydrogens is 342 g/mol. The SMILES string of the molecule is CCOc1ccc(N(C(C)C(=O)NN=C2CCCC2)S(C)(=O)=O)cc1. The van der Waals surface area contributed by atoms with Crippen LogP contribution in [0.3, 0.4) is 0 Å². The monoisotopic (exact) mass is 367 g/mol. The number of hydrogen-bond donors (Lipinski definition) is 1. The molecule has 0 bridgehead atoms. The summed E-state index contributed by atoms with van der Waals surface area (Å²) < 4.78 is 30.9. The third kappa shape index (κ3) is 5.19. The molecule has 1 saturated carbocycles. The molecule has 1 aromatic carbocycles. The molecule has 1 atom stereocenters. The second kappa shape index (κ2) is 8.33. The van der Waals surface area contributed by atoms with Gasteiger partial charge in [-0.25, -0.2) is 13.8 Å². The zero-order valence-electron chi connectivity index (χ0n) is 14.9. The summed E-state index contributed by atoms with van der Waals surface area (Å²) in [7, 11) is -3.64. The molecule has 0 heterocycles. The van der Waals surface area contributed by atoms with Gasteiger partial charge in [0.15, 0.2) is 0 Å². The van der Waals surface area contributed by atoms with Gasteiger partial charge in [-0.05, 0) is 63.8 Å². The fraction of sp³-hybridized carbons (Fsp3) is 0.529. The minimum Gasteiger partial charge on any atom is -0.494 e. The summed E-state index contributed by atoms with van der Waals surface area (Å²) >= 11 is 0. The lowest BCUT2D eigenvalue weighted by atomic mass is 10.2. The summed E-state index contributed by atoms with van der Waals surface area (Å²) in [6.45, 7) is 3.94. The fourth-order valence-electron chi connectivity index (χ4n) is 2.79. The van der Waals surface area contributed by atoms with Crippen molar-refractivity contribution >= 4 is 27.3 Å². The minimum absolute atomic E-state index is 0.405. The Morgan fingerprint density at radius 3 is 2.40 bits per heavy atom. The Labute approximate surface area is 149 Å². The summed E-state index contributed by atoms with van der Waals surface area (Å²) in [5.74, 6) is 0.183. The molecule has 1 unspecified atom stereocenters. The molecule has 25 heavy (non-hydrogen) atoms. The summed E-state index contributed by atoms with van der Waals surface area (Å²) in [5, 5.41) is 4.12. The Morgan fingerprint density at radius 2 is 1.88 bits per heavy atom. The average Bonchev–Trinajstić information content (AvgIpc) is 3.07. The van der Waals surface area contributed by atoms with E-state index in [1.165, 1.54) is 0 Å². The summed E-state index contributed by atoms with van der Waals surface area (Å²) in [4.78, 5) is 12.4. The van der Waals surface area contributed by atoms with E-state index in [0.717, 1.165) is 42.0 Å². The number of ether oxygens (including phenoxy) is 1. The molecular formula is C17H25N3O4S. The first-order valence-corrected chi connectivity index (χ1v) is 10.3. The van der Waals surface area contributed by atoms with Gasteiger partial charge in [0.05, 0.1) is 18.6 Å². The zero-order chi connectivity index (χ0) is 18.4. The Hall–Kier alpha value is -2.09. The van der Waals surface area contributed by atoms with Crippen LogP contribution in [0.5, 0.6) is 5.75 Å². The number of carbonyl (C=O) groups is 1. The Kier molecular flexibility index (Phi) is 6.41. The summed E-state index contributed by atoms with van der Waals surface area (Å²) in [6.07, 6.45) is 4.99. The van der Waals surface area contributed by atoms with E-state index in [4.69, 9.17) is 4.74 Å². The van der Waals surface area contributed by atoms with Gasteiger partial charge in [0.1, 0.15) is 11.8 Å². The number of hydrogen-bond acceptors (Lipinski definition) is 5. The van der Waals surface area contributed by atoms with Gasteiger partial charge in [0.2, 0.25) is 10.0 Å². The molecule has 0 aromatic heterocycles. The molecule has 0 aliphatic heterocycles. The van der Waals surface area contributed by atoms with Gasteiger partial charge in [0.25, 0.3) is 5.91 Å². The van der Waals surface area contributed by atoms with Crippen LogP contribution in [-0.4, -0.2) is 38.9 Å². The quantitative estimate of drug-likeness (QED) is 0.749. The molecule has 0 saturated heterocycles. The summed E-state index contributed by atoms with van der Waals surface area (Å²) in [6, 6.07) is 5.69. The number of hydrazone groups is 1. The standard InChI is InChI=1S/C17H25N3O4S/c1-4-24-16-11-9-15(10-12-16)20(25(3,22)23)13(2)17(21)19-18-14-7-5-6-8-14/h9-13H,4-8H2,1-3H3,(H,19,21). The number of sulfonamides is 1. The van der Waals surface area contributed by atoms with Crippen LogP contribution in [-0.2, 0) is 14.8 Å². The third-order valence-electron chi connectivity index (χ3n) is 4.00. The molecule has 8 heteroatoms. The van der Waals surface area contributed by atoms with Gasteiger partial charge in [-0.3, -0.25) is 9.10 Å². The number of nitrogens with zero attached hydrogens (tertiary/aromatic N) is 2. The van der Waals surface area contributed by atoms with Gasteiger partial charge in [-0.1, -0.05) is 0 Å². The highest BCUT2D eigenvalue weighted by molar-refractivity contribution is 7.92. The van der Waals surface area contributed by atoms with Crippen molar-refractivity contribution < 1.29 is 17.9 Å². The van der Waals surface area contributed by atoms with Gasteiger partial charge < -0.3 is 4.74 Å². The van der Waals surface area contributed by atoms with Crippen molar-refractivity contribution in [2.24, 2.45) is 5.10 Å². The van der Waals surface area contributed by atoms with E-state index >= 15 is 0 Å². The van der Waals surface area contributed by atoms with Crippen molar-refractivity contribution in [1.82, 2.24) is 5.43 Å². The minimum atomic E-state index is -3.64. The van der Waals surface area contributed by atoms with Gasteiger partial charge in [-0.2, -0.15) is 5.10 Å². The van der Waals surface area contributed by atoms with E-state index < -0.39 is 22.0 Å². The van der Waals surface area contributed by atoms with E-state index in [0.29, 0.717) is 18.0 Å². The molecule has 1 aliphatic carbocycles. The topological polar surface area (TPSA) is 88.1 Å². The van der Waals surface area contributed by atoms with E-state index in [2.05, 4.69) is 10.5 Å². The first kappa shape index (κ1) is 19.2. The van der Waals surface area contributed by atoms with Gasteiger partial charge in [-0.15, -0.1) is 0 Å². The number of rotatable bonds is 7. The van der Waals surface area contributed by atoms with Crippen molar-refractivity contribution in [1.29, 1.82) is 0 Å². The second-order valence-corrected chi connectivity index (χ2v) is 7.88. The maximum absolute atomic E-state index is 12.4. The van der Waals surface area contributed by atoms with Crippen molar-refractivity contribution in [3.8, 4) is 5.75 Å². The van der Waals surface area contributed by atoms with Crippen LogP contribution in [0.25, 0.3) is 0 Å². The van der Waals surface area contributed by atoms with E-state index in [1.807, 2.05) is 6.92 Å². The molecule has 1 N–H and O–H groups in total. The molecule has 0 spiro atoms. The number of carbonyl (C=O) groups excluding carboxylic acids is 1. The van der Waals surface area contributed by atoms with Gasteiger partial charge in [0, 0.05) is 5.71 Å². The predicted molar refractivity (Wildman–Crippen MR) is 98.4 cm³/mol. The largest absolute Gasteiger partial charge is 0.494 e. The van der Waals surface area contributed by atoms with Crippen molar-refractivity contribution in [2.75, 3.05) is 17.2 Å². The van der Waals surface area contributed by atoms with Crippen LogP contribution in [0.4, 0.5) is 5.69 Å². The molecule has 0 radical (unpaired) electrons. The predicted octanol–water partition coefficient (Wildman–Crippen LogP) is 2.29. The number of nitrogens with one attached hydrogen (secondary N) is 1. The van der Waals surface area contributed by atoms with Crippen LogP contribution in [0, 0.1) is 0 Å². The highest BCUT2D eigenvalue weighted by atomic mass is 32.2. The van der Waals surface area contributed by atoms with Crippen LogP contribution >= 0.6 is 0 Å². The lowest BCUT2D eigenvalue weighted by Crippen LogP contribution is -2.46. The molecule has 7 nitrogen and oxygen atoms in total. The molecule has 1 aliphatic rings. The molecule has 2 rings (SSSR count). The molecule has 138 valence electrons. The number of amides is 1. The number of benzene rings is 1. The lowest BCUT2D eigenvalue weighted by Gasteiger charge is -2.27. The molecule has 1 amide bonds. The van der Waals surface area contributed by atoms with E-state index in [-0.39, 0.29) is 0 Å². The van der Waals surface area contributed by atoms with Crippen LogP contribution < -0.4 is 14.5 Å². The molecule has 1 fully saturated rings. The van der Waals surface area contributed by atoms with Gasteiger partial charge >= 0.3 is 0 Å². The Balaban J connectivity index is 2.18. The van der Waals surface area contributed by atoms with Crippen molar-refractivity contribution in [3.63, 3.8) is 0 Å².